The molecule has 0 bridgehead atoms. The number of hydrogen-bond donors (Lipinski definition) is 1. The molecule has 180 valence electrons. The van der Waals surface area contributed by atoms with Gasteiger partial charge in [0.15, 0.2) is 0 Å². The van der Waals surface area contributed by atoms with Gasteiger partial charge in [-0.25, -0.2) is 5.01 Å². The highest BCUT2D eigenvalue weighted by atomic mass is 35.5. The third kappa shape index (κ3) is 6.08. The second kappa shape index (κ2) is 10.6. The molecule has 35 heavy (non-hydrogen) atoms. The summed E-state index contributed by atoms with van der Waals surface area (Å²) < 4.78 is 30.0. The standard InChI is InChI=1S/C25H23Cl2N5O2S/c1-17(28)29-25(31-35(33,34)22-13-11-21(27)12-14-22)32-16-15-23(18-5-3-2-4-6-18)24(30-32)19-7-9-20(26)10-8-19/h2-14,23H,15-16H2,1H3,(H2,28,29,31). The average Bonchev–Trinajstić information content (AvgIpc) is 2.84. The second-order valence-electron chi connectivity index (χ2n) is 7.94. The lowest BCUT2D eigenvalue weighted by atomic mass is 9.86. The van der Waals surface area contributed by atoms with E-state index in [1.54, 1.807) is 19.1 Å². The molecular weight excluding hydrogens is 505 g/mol. The molecule has 4 rings (SSSR count). The topological polar surface area (TPSA) is 100 Å². The van der Waals surface area contributed by atoms with Crippen LogP contribution in [0.4, 0.5) is 0 Å². The van der Waals surface area contributed by atoms with Crippen LogP contribution in [0.3, 0.4) is 0 Å². The fourth-order valence-electron chi connectivity index (χ4n) is 3.72. The van der Waals surface area contributed by atoms with Crippen molar-refractivity contribution in [1.29, 1.82) is 0 Å². The Morgan fingerprint density at radius 3 is 2.17 bits per heavy atom. The van der Waals surface area contributed by atoms with E-state index in [1.807, 2.05) is 42.5 Å². The van der Waals surface area contributed by atoms with Gasteiger partial charge in [-0.3, -0.25) is 0 Å². The number of rotatable bonds is 4. The molecule has 0 amide bonds. The van der Waals surface area contributed by atoms with Crippen LogP contribution in [0, 0.1) is 0 Å². The Morgan fingerprint density at radius 1 is 0.971 bits per heavy atom. The average molecular weight is 528 g/mol. The van der Waals surface area contributed by atoms with E-state index in [9.17, 15) is 8.42 Å². The van der Waals surface area contributed by atoms with Crippen LogP contribution in [-0.4, -0.2) is 37.5 Å². The molecule has 0 aliphatic carbocycles. The van der Waals surface area contributed by atoms with E-state index in [0.717, 1.165) is 16.8 Å². The maximum Gasteiger partial charge on any atom is 0.285 e. The highest BCUT2D eigenvalue weighted by Crippen LogP contribution is 2.30. The monoisotopic (exact) mass is 527 g/mol. The third-order valence-corrected chi connectivity index (χ3v) is 7.13. The van der Waals surface area contributed by atoms with Crippen molar-refractivity contribution in [3.63, 3.8) is 0 Å². The zero-order valence-electron chi connectivity index (χ0n) is 18.8. The first-order chi connectivity index (χ1) is 16.7. The number of amidine groups is 1. The Hall–Kier alpha value is -3.20. The van der Waals surface area contributed by atoms with E-state index < -0.39 is 10.0 Å². The zero-order valence-corrected chi connectivity index (χ0v) is 21.2. The lowest BCUT2D eigenvalue weighted by molar-refractivity contribution is 0.400. The zero-order chi connectivity index (χ0) is 25.0. The van der Waals surface area contributed by atoms with E-state index in [-0.39, 0.29) is 22.6 Å². The van der Waals surface area contributed by atoms with Gasteiger partial charge in [-0.2, -0.15) is 18.5 Å². The number of guanidine groups is 1. The van der Waals surface area contributed by atoms with Gasteiger partial charge in [0.1, 0.15) is 0 Å². The molecule has 1 unspecified atom stereocenters. The lowest BCUT2D eigenvalue weighted by Gasteiger charge is -2.30. The summed E-state index contributed by atoms with van der Waals surface area (Å²) in [6, 6.07) is 23.1. The summed E-state index contributed by atoms with van der Waals surface area (Å²) in [7, 11) is -4.09. The van der Waals surface area contributed by atoms with Crippen LogP contribution in [0.15, 0.2) is 98.2 Å². The van der Waals surface area contributed by atoms with Crippen LogP contribution in [0.2, 0.25) is 10.0 Å². The normalized spacial score (nSPS) is 17.3. The maximum absolute atomic E-state index is 13.0. The van der Waals surface area contributed by atoms with Crippen LogP contribution in [0.5, 0.6) is 0 Å². The molecule has 3 aromatic rings. The van der Waals surface area contributed by atoms with Crippen molar-refractivity contribution >= 4 is 50.7 Å². The number of sulfonamides is 1. The number of hydrogen-bond acceptors (Lipinski definition) is 3. The minimum Gasteiger partial charge on any atom is -0.387 e. The molecule has 1 atom stereocenters. The first-order valence-electron chi connectivity index (χ1n) is 10.8. The van der Waals surface area contributed by atoms with Gasteiger partial charge in [0.25, 0.3) is 16.0 Å². The molecule has 10 heteroatoms. The Morgan fingerprint density at radius 2 is 1.57 bits per heavy atom. The van der Waals surface area contributed by atoms with Crippen molar-refractivity contribution in [2.75, 3.05) is 6.54 Å². The van der Waals surface area contributed by atoms with E-state index >= 15 is 0 Å². The largest absolute Gasteiger partial charge is 0.387 e. The Bertz CT molecular complexity index is 1380. The van der Waals surface area contributed by atoms with Crippen molar-refractivity contribution in [1.82, 2.24) is 5.01 Å². The van der Waals surface area contributed by atoms with Crippen LogP contribution < -0.4 is 5.73 Å². The SMILES string of the molecule is CC(N)=NC(=NS(=O)(=O)c1ccc(Cl)cc1)N1CCC(c2ccccc2)C(c2ccc(Cl)cc2)=N1. The van der Waals surface area contributed by atoms with Gasteiger partial charge in [-0.1, -0.05) is 65.7 Å². The van der Waals surface area contributed by atoms with Crippen molar-refractivity contribution in [3.05, 3.63) is 100 Å². The molecule has 0 saturated carbocycles. The number of nitrogens with two attached hydrogens (primary N) is 1. The summed E-state index contributed by atoms with van der Waals surface area (Å²) in [5.74, 6) is 0.0344. The van der Waals surface area contributed by atoms with E-state index in [4.69, 9.17) is 34.0 Å². The quantitative estimate of drug-likeness (QED) is 0.367. The Labute approximate surface area is 214 Å². The highest BCUT2D eigenvalue weighted by Gasteiger charge is 2.29. The number of aliphatic imine (C=N–C) groups is 1. The van der Waals surface area contributed by atoms with Crippen molar-refractivity contribution in [2.24, 2.45) is 20.2 Å². The number of benzene rings is 3. The summed E-state index contributed by atoms with van der Waals surface area (Å²) in [4.78, 5) is 4.20. The fraction of sp³-hybridized carbons (Fsp3) is 0.160. The van der Waals surface area contributed by atoms with Crippen LogP contribution in [0.25, 0.3) is 0 Å². The van der Waals surface area contributed by atoms with Crippen molar-refractivity contribution < 1.29 is 8.42 Å². The van der Waals surface area contributed by atoms with Crippen molar-refractivity contribution in [3.8, 4) is 0 Å². The molecule has 2 N–H and O–H groups in total. The van der Waals surface area contributed by atoms with Gasteiger partial charge in [-0.05, 0) is 60.9 Å². The highest BCUT2D eigenvalue weighted by molar-refractivity contribution is 7.90. The fourth-order valence-corrected chi connectivity index (χ4v) is 4.91. The van der Waals surface area contributed by atoms with Gasteiger partial charge < -0.3 is 5.73 Å². The Kier molecular flexibility index (Phi) is 7.54. The first kappa shape index (κ1) is 24.9. The second-order valence-corrected chi connectivity index (χ2v) is 10.4. The first-order valence-corrected chi connectivity index (χ1v) is 13.0. The molecule has 7 nitrogen and oxygen atoms in total. The van der Waals surface area contributed by atoms with E-state index in [0.29, 0.717) is 23.0 Å². The van der Waals surface area contributed by atoms with Gasteiger partial charge in [0.05, 0.1) is 16.4 Å². The molecule has 1 heterocycles. The Balaban J connectivity index is 1.81. The summed E-state index contributed by atoms with van der Waals surface area (Å²) in [5, 5.41) is 7.32. The summed E-state index contributed by atoms with van der Waals surface area (Å²) >= 11 is 12.0. The molecule has 3 aromatic carbocycles. The van der Waals surface area contributed by atoms with E-state index in [2.05, 4.69) is 9.39 Å². The molecular formula is C25H23Cl2N5O2S. The number of halogens is 2. The number of hydrazone groups is 1. The molecule has 0 saturated heterocycles. The van der Waals surface area contributed by atoms with Gasteiger partial charge in [0.2, 0.25) is 0 Å². The molecule has 0 spiro atoms. The molecule has 0 fully saturated rings. The summed E-state index contributed by atoms with van der Waals surface area (Å²) in [6.07, 6.45) is 0.657. The summed E-state index contributed by atoms with van der Waals surface area (Å²) in [6.45, 7) is 1.95. The smallest absolute Gasteiger partial charge is 0.285 e. The predicted molar refractivity (Wildman–Crippen MR) is 142 cm³/mol. The summed E-state index contributed by atoms with van der Waals surface area (Å²) in [5.41, 5.74) is 8.54. The lowest BCUT2D eigenvalue weighted by Crippen LogP contribution is -2.36. The van der Waals surface area contributed by atoms with Crippen LogP contribution in [-0.2, 0) is 10.0 Å². The minimum absolute atomic E-state index is 0.00861. The van der Waals surface area contributed by atoms with E-state index in [1.165, 1.54) is 29.3 Å². The molecule has 0 radical (unpaired) electrons. The van der Waals surface area contributed by atoms with Gasteiger partial charge >= 0.3 is 0 Å². The number of nitrogens with zero attached hydrogens (tertiary/aromatic N) is 4. The molecule has 1 aliphatic rings. The maximum atomic E-state index is 13.0. The van der Waals surface area contributed by atoms with Crippen molar-refractivity contribution in [2.45, 2.75) is 24.2 Å². The van der Waals surface area contributed by atoms with Crippen LogP contribution >= 0.6 is 23.2 Å². The molecule has 0 aromatic heterocycles. The van der Waals surface area contributed by atoms with Gasteiger partial charge in [0, 0.05) is 22.5 Å². The van der Waals surface area contributed by atoms with Crippen LogP contribution in [0.1, 0.15) is 30.4 Å². The molecule has 1 aliphatic heterocycles. The minimum atomic E-state index is -4.09. The predicted octanol–water partition coefficient (Wildman–Crippen LogP) is 5.31. The third-order valence-electron chi connectivity index (χ3n) is 5.35. The van der Waals surface area contributed by atoms with Gasteiger partial charge in [-0.15, -0.1) is 4.40 Å².